The molecule has 0 saturated carbocycles. The summed E-state index contributed by atoms with van der Waals surface area (Å²) in [6.07, 6.45) is 4.88. The van der Waals surface area contributed by atoms with Gasteiger partial charge < -0.3 is 14.5 Å². The van der Waals surface area contributed by atoms with Crippen molar-refractivity contribution in [1.29, 1.82) is 0 Å². The second-order valence-electron chi connectivity index (χ2n) is 6.36. The summed E-state index contributed by atoms with van der Waals surface area (Å²) in [6, 6.07) is 6.19. The third-order valence-electron chi connectivity index (χ3n) is 4.46. The summed E-state index contributed by atoms with van der Waals surface area (Å²) in [4.78, 5) is 16.2. The van der Waals surface area contributed by atoms with Gasteiger partial charge in [0.05, 0.1) is 12.3 Å². The highest BCUT2D eigenvalue weighted by molar-refractivity contribution is 5.76. The normalized spacial score (nSPS) is 17.2. The number of nitrogens with zero attached hydrogens (tertiary/aromatic N) is 1. The summed E-state index contributed by atoms with van der Waals surface area (Å²) in [5.41, 5.74) is 3.49. The van der Waals surface area contributed by atoms with Gasteiger partial charge in [-0.15, -0.1) is 0 Å². The summed E-state index contributed by atoms with van der Waals surface area (Å²) < 4.78 is 11.3. The number of aromatic nitrogens is 1. The molecule has 0 spiro atoms. The third kappa shape index (κ3) is 4.23. The molecule has 24 heavy (non-hydrogen) atoms. The van der Waals surface area contributed by atoms with Crippen LogP contribution in [0.2, 0.25) is 0 Å². The van der Waals surface area contributed by atoms with E-state index in [0.717, 1.165) is 30.8 Å². The lowest BCUT2D eigenvalue weighted by molar-refractivity contribution is -0.121. The van der Waals surface area contributed by atoms with Crippen LogP contribution in [0, 0.1) is 13.8 Å². The van der Waals surface area contributed by atoms with E-state index < -0.39 is 0 Å². The summed E-state index contributed by atoms with van der Waals surface area (Å²) in [5, 5.41) is 2.91. The molecule has 1 aromatic carbocycles. The Morgan fingerprint density at radius 2 is 2.21 bits per heavy atom. The minimum absolute atomic E-state index is 0.0106. The SMILES string of the molecule is Cc1ccc(-c2cnc(CCC(=O)NC[C@@H]3CCCO3)o2)cc1C. The molecule has 5 nitrogen and oxygen atoms in total. The first-order chi connectivity index (χ1) is 11.6. The topological polar surface area (TPSA) is 64.4 Å². The Kier molecular flexibility index (Phi) is 5.30. The smallest absolute Gasteiger partial charge is 0.220 e. The van der Waals surface area contributed by atoms with E-state index in [9.17, 15) is 4.79 Å². The molecule has 5 heteroatoms. The molecule has 1 aliphatic rings. The van der Waals surface area contributed by atoms with Gasteiger partial charge in [-0.25, -0.2) is 4.98 Å². The zero-order chi connectivity index (χ0) is 16.9. The highest BCUT2D eigenvalue weighted by Gasteiger charge is 2.16. The largest absolute Gasteiger partial charge is 0.441 e. The number of oxazole rings is 1. The average Bonchev–Trinajstić information content (AvgIpc) is 3.25. The Hall–Kier alpha value is -2.14. The van der Waals surface area contributed by atoms with E-state index >= 15 is 0 Å². The Morgan fingerprint density at radius 1 is 1.33 bits per heavy atom. The van der Waals surface area contributed by atoms with Gasteiger partial charge in [0.1, 0.15) is 0 Å². The van der Waals surface area contributed by atoms with Crippen molar-refractivity contribution >= 4 is 5.91 Å². The predicted octanol–water partition coefficient (Wildman–Crippen LogP) is 3.19. The van der Waals surface area contributed by atoms with E-state index in [0.29, 0.717) is 25.3 Å². The van der Waals surface area contributed by atoms with Crippen LogP contribution in [0.25, 0.3) is 11.3 Å². The van der Waals surface area contributed by atoms with Crippen molar-refractivity contribution in [2.75, 3.05) is 13.2 Å². The van der Waals surface area contributed by atoms with Crippen molar-refractivity contribution in [3.8, 4) is 11.3 Å². The van der Waals surface area contributed by atoms with Crippen LogP contribution < -0.4 is 5.32 Å². The molecule has 0 unspecified atom stereocenters. The van der Waals surface area contributed by atoms with Crippen LogP contribution >= 0.6 is 0 Å². The zero-order valence-electron chi connectivity index (χ0n) is 14.3. The lowest BCUT2D eigenvalue weighted by Crippen LogP contribution is -2.31. The number of ether oxygens (including phenoxy) is 1. The van der Waals surface area contributed by atoms with Crippen LogP contribution in [0.5, 0.6) is 0 Å². The predicted molar refractivity (Wildman–Crippen MR) is 91.7 cm³/mol. The second kappa shape index (κ2) is 7.62. The molecule has 1 N–H and O–H groups in total. The van der Waals surface area contributed by atoms with Crippen LogP contribution in [-0.4, -0.2) is 30.1 Å². The maximum atomic E-state index is 11.9. The molecule has 1 aromatic heterocycles. The minimum atomic E-state index is 0.0106. The molecule has 2 aromatic rings. The molecule has 3 rings (SSSR count). The number of amides is 1. The third-order valence-corrected chi connectivity index (χ3v) is 4.46. The van der Waals surface area contributed by atoms with Gasteiger partial charge in [0.2, 0.25) is 5.91 Å². The van der Waals surface area contributed by atoms with E-state index in [1.54, 1.807) is 6.20 Å². The minimum Gasteiger partial charge on any atom is -0.441 e. The molecular formula is C19H24N2O3. The highest BCUT2D eigenvalue weighted by Crippen LogP contribution is 2.23. The maximum absolute atomic E-state index is 11.9. The fourth-order valence-electron chi connectivity index (χ4n) is 2.80. The van der Waals surface area contributed by atoms with Gasteiger partial charge in [-0.3, -0.25) is 4.79 Å². The first-order valence-electron chi connectivity index (χ1n) is 8.52. The summed E-state index contributed by atoms with van der Waals surface area (Å²) >= 11 is 0. The van der Waals surface area contributed by atoms with Crippen LogP contribution in [-0.2, 0) is 16.0 Å². The van der Waals surface area contributed by atoms with Crippen molar-refractivity contribution in [2.45, 2.75) is 45.6 Å². The van der Waals surface area contributed by atoms with Crippen molar-refractivity contribution < 1.29 is 13.9 Å². The van der Waals surface area contributed by atoms with Gasteiger partial charge in [-0.05, 0) is 43.9 Å². The van der Waals surface area contributed by atoms with Gasteiger partial charge >= 0.3 is 0 Å². The van der Waals surface area contributed by atoms with Crippen LogP contribution in [0.4, 0.5) is 0 Å². The average molecular weight is 328 g/mol. The van der Waals surface area contributed by atoms with Crippen molar-refractivity contribution in [3.63, 3.8) is 0 Å². The highest BCUT2D eigenvalue weighted by atomic mass is 16.5. The molecule has 0 radical (unpaired) electrons. The number of hydrogen-bond acceptors (Lipinski definition) is 4. The first-order valence-corrected chi connectivity index (χ1v) is 8.52. The van der Waals surface area contributed by atoms with Crippen molar-refractivity contribution in [1.82, 2.24) is 10.3 Å². The van der Waals surface area contributed by atoms with E-state index in [1.807, 2.05) is 6.07 Å². The van der Waals surface area contributed by atoms with Gasteiger partial charge in [0, 0.05) is 31.6 Å². The van der Waals surface area contributed by atoms with Crippen LogP contribution in [0.3, 0.4) is 0 Å². The van der Waals surface area contributed by atoms with Gasteiger partial charge in [0.15, 0.2) is 11.7 Å². The number of benzene rings is 1. The number of aryl methyl sites for hydroxylation is 3. The molecule has 1 amide bonds. The molecule has 1 atom stereocenters. The maximum Gasteiger partial charge on any atom is 0.220 e. The Balaban J connectivity index is 1.50. The number of rotatable bonds is 6. The van der Waals surface area contributed by atoms with E-state index in [2.05, 4.69) is 36.3 Å². The van der Waals surface area contributed by atoms with Gasteiger partial charge in [-0.1, -0.05) is 12.1 Å². The Morgan fingerprint density at radius 3 is 2.96 bits per heavy atom. The summed E-state index contributed by atoms with van der Waals surface area (Å²) in [6.45, 7) is 5.56. The van der Waals surface area contributed by atoms with Crippen LogP contribution in [0.15, 0.2) is 28.8 Å². The second-order valence-corrected chi connectivity index (χ2v) is 6.36. The Labute approximate surface area is 142 Å². The summed E-state index contributed by atoms with van der Waals surface area (Å²) in [7, 11) is 0. The standard InChI is InChI=1S/C19H24N2O3/c1-13-5-6-15(10-14(13)2)17-12-21-19(24-17)8-7-18(22)20-11-16-4-3-9-23-16/h5-6,10,12,16H,3-4,7-9,11H2,1-2H3,(H,20,22)/t16-/m0/s1. The number of carbonyl (C=O) groups excluding carboxylic acids is 1. The quantitative estimate of drug-likeness (QED) is 0.884. The first kappa shape index (κ1) is 16.7. The molecule has 0 aliphatic carbocycles. The fourth-order valence-corrected chi connectivity index (χ4v) is 2.80. The van der Waals surface area contributed by atoms with E-state index in [4.69, 9.17) is 9.15 Å². The number of hydrogen-bond donors (Lipinski definition) is 1. The van der Waals surface area contributed by atoms with Crippen molar-refractivity contribution in [3.05, 3.63) is 41.4 Å². The monoisotopic (exact) mass is 328 g/mol. The molecule has 0 bridgehead atoms. The lowest BCUT2D eigenvalue weighted by atomic mass is 10.1. The number of nitrogens with one attached hydrogen (secondary N) is 1. The van der Waals surface area contributed by atoms with Gasteiger partial charge in [-0.2, -0.15) is 0 Å². The van der Waals surface area contributed by atoms with Crippen LogP contribution in [0.1, 0.15) is 36.3 Å². The molecule has 1 fully saturated rings. The zero-order valence-corrected chi connectivity index (χ0v) is 14.3. The molecular weight excluding hydrogens is 304 g/mol. The lowest BCUT2D eigenvalue weighted by Gasteiger charge is -2.10. The summed E-state index contributed by atoms with van der Waals surface area (Å²) in [5.74, 6) is 1.35. The van der Waals surface area contributed by atoms with E-state index in [1.165, 1.54) is 11.1 Å². The fraction of sp³-hybridized carbons (Fsp3) is 0.474. The molecule has 2 heterocycles. The molecule has 1 aliphatic heterocycles. The Bertz CT molecular complexity index is 702. The molecule has 1 saturated heterocycles. The number of carbonyl (C=O) groups is 1. The van der Waals surface area contributed by atoms with Gasteiger partial charge in [0.25, 0.3) is 0 Å². The molecule has 128 valence electrons. The van der Waals surface area contributed by atoms with E-state index in [-0.39, 0.29) is 12.0 Å². The van der Waals surface area contributed by atoms with Crippen molar-refractivity contribution in [2.24, 2.45) is 0 Å².